The average Bonchev–Trinajstić information content (AvgIpc) is 3.71. The molecule has 50 heavy (non-hydrogen) atoms. The van der Waals surface area contributed by atoms with Crippen molar-refractivity contribution >= 4 is 23.5 Å². The molecular formula is C30H57O17P3. The van der Waals surface area contributed by atoms with Crippen molar-refractivity contribution in [1.29, 1.82) is 0 Å². The molecule has 0 amide bonds. The van der Waals surface area contributed by atoms with Gasteiger partial charge in [0.1, 0.15) is 18.3 Å². The first-order valence-electron chi connectivity index (χ1n) is 17.7. The summed E-state index contributed by atoms with van der Waals surface area (Å²) in [6, 6.07) is 0. The van der Waals surface area contributed by atoms with Crippen LogP contribution in [0.4, 0.5) is 0 Å². The van der Waals surface area contributed by atoms with E-state index in [0.29, 0.717) is 12.3 Å². The van der Waals surface area contributed by atoms with E-state index in [1.165, 1.54) is 19.3 Å². The Labute approximate surface area is 295 Å². The van der Waals surface area contributed by atoms with E-state index < -0.39 is 41.8 Å². The van der Waals surface area contributed by atoms with Gasteiger partial charge in [0.15, 0.2) is 0 Å². The normalized spacial score (nSPS) is 32.1. The van der Waals surface area contributed by atoms with Gasteiger partial charge in [-0.1, -0.05) is 38.5 Å². The van der Waals surface area contributed by atoms with Crippen molar-refractivity contribution in [1.82, 2.24) is 0 Å². The Kier molecular flexibility index (Phi) is 18.2. The molecule has 2 heterocycles. The maximum atomic E-state index is 12.7. The Morgan fingerprint density at radius 1 is 0.560 bits per heavy atom. The van der Waals surface area contributed by atoms with E-state index >= 15 is 0 Å². The summed E-state index contributed by atoms with van der Waals surface area (Å²) in [5, 5.41) is 0. The van der Waals surface area contributed by atoms with E-state index in [1.54, 1.807) is 7.11 Å². The lowest BCUT2D eigenvalue weighted by Gasteiger charge is -2.27. The zero-order valence-electron chi connectivity index (χ0n) is 29.2. The lowest BCUT2D eigenvalue weighted by molar-refractivity contribution is -0.0518. The van der Waals surface area contributed by atoms with Crippen LogP contribution in [0.2, 0.25) is 0 Å². The third-order valence-electron chi connectivity index (χ3n) is 9.75. The molecule has 0 spiro atoms. The number of methoxy groups -OCH3 is 1. The molecule has 4 rings (SSSR count). The zero-order valence-corrected chi connectivity index (χ0v) is 31.8. The highest BCUT2D eigenvalue weighted by molar-refractivity contribution is 7.47. The number of hydrogen-bond donors (Lipinski definition) is 3. The van der Waals surface area contributed by atoms with Crippen LogP contribution in [0.15, 0.2) is 0 Å². The van der Waals surface area contributed by atoms with Gasteiger partial charge in [-0.05, 0) is 37.5 Å². The van der Waals surface area contributed by atoms with Crippen molar-refractivity contribution in [3.8, 4) is 0 Å². The van der Waals surface area contributed by atoms with Gasteiger partial charge in [-0.15, -0.1) is 0 Å². The fourth-order valence-electron chi connectivity index (χ4n) is 7.14. The Bertz CT molecular complexity index is 1120. The SMILES string of the molecule is COC1C[C@H](C2CCCCC2)O[C@@H]1COP(=O)(O)OCCOCCOCCOP(=O)(O)OC1C[C@H](C2CCCCC2)O[C@@H]1COP(=O)(O)OC. The number of ether oxygens (including phenoxy) is 5. The third kappa shape index (κ3) is 14.8. The van der Waals surface area contributed by atoms with Crippen LogP contribution in [0.1, 0.15) is 77.0 Å². The monoisotopic (exact) mass is 782 g/mol. The summed E-state index contributed by atoms with van der Waals surface area (Å²) in [7, 11) is -10.5. The Morgan fingerprint density at radius 2 is 1.00 bits per heavy atom. The quantitative estimate of drug-likeness (QED) is 0.0928. The summed E-state index contributed by atoms with van der Waals surface area (Å²) in [5.41, 5.74) is 0. The van der Waals surface area contributed by atoms with E-state index in [4.69, 9.17) is 46.3 Å². The van der Waals surface area contributed by atoms with Crippen LogP contribution < -0.4 is 0 Å². The molecule has 5 unspecified atom stereocenters. The molecule has 0 aromatic carbocycles. The Balaban J connectivity index is 1.05. The second-order valence-electron chi connectivity index (χ2n) is 13.2. The highest BCUT2D eigenvalue weighted by atomic mass is 31.2. The van der Waals surface area contributed by atoms with Crippen molar-refractivity contribution in [2.24, 2.45) is 11.8 Å². The van der Waals surface area contributed by atoms with Crippen molar-refractivity contribution in [3.05, 3.63) is 0 Å². The molecule has 294 valence electrons. The Hall–Kier alpha value is 0.130. The summed E-state index contributed by atoms with van der Waals surface area (Å²) < 4.78 is 95.5. The molecule has 20 heteroatoms. The van der Waals surface area contributed by atoms with Crippen LogP contribution in [0, 0.1) is 11.8 Å². The lowest BCUT2D eigenvalue weighted by atomic mass is 9.84. The first kappa shape index (κ1) is 42.9. The van der Waals surface area contributed by atoms with Gasteiger partial charge in [-0.3, -0.25) is 27.1 Å². The van der Waals surface area contributed by atoms with Gasteiger partial charge < -0.3 is 38.4 Å². The average molecular weight is 783 g/mol. The van der Waals surface area contributed by atoms with Gasteiger partial charge in [0.2, 0.25) is 0 Å². The molecule has 0 aromatic heterocycles. The first-order valence-corrected chi connectivity index (χ1v) is 22.2. The van der Waals surface area contributed by atoms with Crippen LogP contribution in [-0.4, -0.2) is 118 Å². The standard InChI is InChI=1S/C30H57O17P3/c1-37-27-19-25(23-9-5-3-6-10-23)45-29(27)21-44-49(33,34)41-17-15-39-13-14-40-16-18-42-50(35,36)47-28-20-26(24-11-7-4-8-12-24)46-30(28)22-43-48(31,32)38-2/h23-30H,3-22H2,1-2H3,(H,31,32)(H,33,34)(H,35,36)/t25-,26-,27?,28?,29-,30-/m1/s1. The van der Waals surface area contributed by atoms with Crippen LogP contribution in [0.25, 0.3) is 0 Å². The van der Waals surface area contributed by atoms with Gasteiger partial charge in [-0.2, -0.15) is 0 Å². The molecule has 0 bridgehead atoms. The summed E-state index contributed by atoms with van der Waals surface area (Å²) >= 11 is 0. The van der Waals surface area contributed by atoms with Crippen molar-refractivity contribution in [2.45, 2.75) is 114 Å². The minimum Gasteiger partial charge on any atom is -0.379 e. The fraction of sp³-hybridized carbons (Fsp3) is 1.00. The zero-order chi connectivity index (χ0) is 36.0. The largest absolute Gasteiger partial charge is 0.472 e. The van der Waals surface area contributed by atoms with Gasteiger partial charge in [0, 0.05) is 27.1 Å². The van der Waals surface area contributed by atoms with Crippen LogP contribution in [0.5, 0.6) is 0 Å². The van der Waals surface area contributed by atoms with Gasteiger partial charge in [0.05, 0.1) is 71.2 Å². The summed E-state index contributed by atoms with van der Waals surface area (Å²) in [4.78, 5) is 30.1. The molecule has 4 aliphatic rings. The van der Waals surface area contributed by atoms with E-state index in [0.717, 1.165) is 58.5 Å². The predicted molar refractivity (Wildman–Crippen MR) is 177 cm³/mol. The molecule has 9 atom stereocenters. The predicted octanol–water partition coefficient (Wildman–Crippen LogP) is 4.91. The van der Waals surface area contributed by atoms with E-state index in [1.807, 2.05) is 0 Å². The maximum absolute atomic E-state index is 12.7. The molecule has 2 aliphatic heterocycles. The number of phosphoric acid groups is 3. The van der Waals surface area contributed by atoms with Gasteiger partial charge >= 0.3 is 23.5 Å². The van der Waals surface area contributed by atoms with Crippen LogP contribution in [0.3, 0.4) is 0 Å². The molecule has 4 fully saturated rings. The van der Waals surface area contributed by atoms with E-state index in [-0.39, 0.29) is 77.1 Å². The second-order valence-corrected chi connectivity index (χ2v) is 17.6. The Morgan fingerprint density at radius 3 is 1.50 bits per heavy atom. The van der Waals surface area contributed by atoms with Gasteiger partial charge in [0.25, 0.3) is 0 Å². The maximum Gasteiger partial charge on any atom is 0.472 e. The molecule has 2 saturated heterocycles. The number of phosphoric ester groups is 3. The molecule has 0 aromatic rings. The second kappa shape index (κ2) is 21.3. The van der Waals surface area contributed by atoms with Crippen molar-refractivity contribution < 1.29 is 79.2 Å². The van der Waals surface area contributed by atoms with E-state index in [2.05, 4.69) is 4.52 Å². The summed E-state index contributed by atoms with van der Waals surface area (Å²) in [6.07, 6.45) is 9.55. The van der Waals surface area contributed by atoms with Crippen molar-refractivity contribution in [2.75, 3.05) is 67.1 Å². The minimum atomic E-state index is -4.53. The van der Waals surface area contributed by atoms with Crippen LogP contribution in [-0.2, 0) is 64.5 Å². The molecule has 2 saturated carbocycles. The number of rotatable bonds is 23. The van der Waals surface area contributed by atoms with Gasteiger partial charge in [-0.25, -0.2) is 13.7 Å². The molecular weight excluding hydrogens is 725 g/mol. The molecule has 2 aliphatic carbocycles. The lowest BCUT2D eigenvalue weighted by Crippen LogP contribution is -2.29. The first-order chi connectivity index (χ1) is 23.9. The molecule has 0 radical (unpaired) electrons. The summed E-state index contributed by atoms with van der Waals surface area (Å²) in [6.45, 7) is -0.723. The topological polar surface area (TPSA) is 213 Å². The summed E-state index contributed by atoms with van der Waals surface area (Å²) in [5.74, 6) is 0.735. The fourth-order valence-corrected chi connectivity index (χ4v) is 9.23. The van der Waals surface area contributed by atoms with Crippen molar-refractivity contribution in [3.63, 3.8) is 0 Å². The van der Waals surface area contributed by atoms with Crippen LogP contribution >= 0.6 is 23.5 Å². The highest BCUT2D eigenvalue weighted by Gasteiger charge is 2.45. The minimum absolute atomic E-state index is 0.00411. The molecule has 17 nitrogen and oxygen atoms in total. The highest BCUT2D eigenvalue weighted by Crippen LogP contribution is 2.50. The number of hydrogen-bond acceptors (Lipinski definition) is 14. The molecule has 3 N–H and O–H groups in total. The third-order valence-corrected chi connectivity index (χ3v) is 12.7. The van der Waals surface area contributed by atoms with E-state index in [9.17, 15) is 28.4 Å². The smallest absolute Gasteiger partial charge is 0.379 e.